The van der Waals surface area contributed by atoms with Crippen LogP contribution in [0.1, 0.15) is 12.5 Å². The van der Waals surface area contributed by atoms with Crippen LogP contribution in [0.4, 0.5) is 15.8 Å². The average molecular weight is 513 g/mol. The fourth-order valence-corrected chi connectivity index (χ4v) is 3.03. The highest BCUT2D eigenvalue weighted by molar-refractivity contribution is 6.39. The van der Waals surface area contributed by atoms with E-state index in [-0.39, 0.29) is 11.6 Å². The van der Waals surface area contributed by atoms with Gasteiger partial charge in [-0.3, -0.25) is 14.4 Å². The van der Waals surface area contributed by atoms with E-state index in [1.807, 2.05) is 0 Å². The first-order chi connectivity index (χ1) is 17.4. The minimum Gasteiger partial charge on any atom is -0.492 e. The van der Waals surface area contributed by atoms with Crippen molar-refractivity contribution in [1.82, 2.24) is 5.43 Å². The van der Waals surface area contributed by atoms with Gasteiger partial charge in [0.25, 0.3) is 5.91 Å². The number of hydrazone groups is 1. The molecule has 9 nitrogen and oxygen atoms in total. The maximum Gasteiger partial charge on any atom is 0.329 e. The second kappa shape index (κ2) is 12.9. The monoisotopic (exact) mass is 512 g/mol. The molecule has 0 aliphatic rings. The van der Waals surface area contributed by atoms with E-state index < -0.39 is 23.5 Å². The molecule has 0 saturated heterocycles. The van der Waals surface area contributed by atoms with Crippen molar-refractivity contribution in [3.05, 3.63) is 83.1 Å². The minimum absolute atomic E-state index is 0.111. The Labute approximate surface area is 211 Å². The number of nitrogens with zero attached hydrogens (tertiary/aromatic N) is 1. The number of benzene rings is 3. The number of hydrogen-bond donors (Lipinski definition) is 3. The number of anilines is 2. The normalized spacial score (nSPS) is 10.5. The van der Waals surface area contributed by atoms with Crippen LogP contribution in [-0.2, 0) is 14.4 Å². The molecule has 0 bridgehead atoms. The first kappa shape index (κ1) is 26.2. The number of carbonyl (C=O) groups is 3. The number of nitrogens with one attached hydrogen (secondary N) is 3. The predicted molar refractivity (Wildman–Crippen MR) is 134 cm³/mol. The fourth-order valence-electron chi connectivity index (χ4n) is 2.85. The summed E-state index contributed by atoms with van der Waals surface area (Å²) in [5.41, 5.74) is 3.38. The predicted octanol–water partition coefficient (Wildman–Crippen LogP) is 3.98. The van der Waals surface area contributed by atoms with Gasteiger partial charge in [-0.05, 0) is 55.0 Å². The van der Waals surface area contributed by atoms with Crippen LogP contribution >= 0.6 is 11.6 Å². The highest BCUT2D eigenvalue weighted by atomic mass is 35.5. The smallest absolute Gasteiger partial charge is 0.329 e. The van der Waals surface area contributed by atoms with Crippen molar-refractivity contribution in [3.8, 4) is 11.5 Å². The largest absolute Gasteiger partial charge is 0.492 e. The van der Waals surface area contributed by atoms with E-state index in [0.717, 1.165) is 6.07 Å². The molecule has 3 aromatic rings. The lowest BCUT2D eigenvalue weighted by atomic mass is 10.2. The van der Waals surface area contributed by atoms with E-state index >= 15 is 0 Å². The molecular weight excluding hydrogens is 491 g/mol. The van der Waals surface area contributed by atoms with Crippen molar-refractivity contribution < 1.29 is 28.2 Å². The molecule has 3 aromatic carbocycles. The quantitative estimate of drug-likeness (QED) is 0.228. The lowest BCUT2D eigenvalue weighted by molar-refractivity contribution is -0.136. The van der Waals surface area contributed by atoms with Crippen LogP contribution < -0.4 is 25.5 Å². The number of halogens is 2. The van der Waals surface area contributed by atoms with Gasteiger partial charge in [0.2, 0.25) is 0 Å². The van der Waals surface area contributed by atoms with E-state index in [1.165, 1.54) is 18.3 Å². The summed E-state index contributed by atoms with van der Waals surface area (Å²) in [6.45, 7) is 1.90. The summed E-state index contributed by atoms with van der Waals surface area (Å²) >= 11 is 5.70. The molecule has 11 heteroatoms. The first-order valence-electron chi connectivity index (χ1n) is 10.7. The molecule has 186 valence electrons. The molecule has 0 heterocycles. The molecular formula is C25H22ClFN4O5. The minimum atomic E-state index is -0.970. The van der Waals surface area contributed by atoms with Crippen molar-refractivity contribution in [2.45, 2.75) is 6.92 Å². The van der Waals surface area contributed by atoms with Crippen molar-refractivity contribution >= 4 is 46.9 Å². The summed E-state index contributed by atoms with van der Waals surface area (Å²) in [6.07, 6.45) is 1.31. The van der Waals surface area contributed by atoms with Gasteiger partial charge in [0.1, 0.15) is 17.3 Å². The lowest BCUT2D eigenvalue weighted by Gasteiger charge is -2.10. The van der Waals surface area contributed by atoms with Crippen LogP contribution in [0.15, 0.2) is 71.8 Å². The summed E-state index contributed by atoms with van der Waals surface area (Å²) in [5, 5.41) is 8.68. The van der Waals surface area contributed by atoms with Gasteiger partial charge in [-0.2, -0.15) is 5.10 Å². The highest BCUT2D eigenvalue weighted by Gasteiger charge is 2.15. The Kier molecular flexibility index (Phi) is 9.35. The molecule has 0 radical (unpaired) electrons. The Morgan fingerprint density at radius 3 is 2.56 bits per heavy atom. The molecule has 0 spiro atoms. The second-order valence-corrected chi connectivity index (χ2v) is 7.53. The molecule has 3 amide bonds. The van der Waals surface area contributed by atoms with Crippen molar-refractivity contribution in [2.75, 3.05) is 23.8 Å². The van der Waals surface area contributed by atoms with E-state index in [4.69, 9.17) is 21.1 Å². The van der Waals surface area contributed by atoms with E-state index in [0.29, 0.717) is 35.0 Å². The molecule has 0 aromatic heterocycles. The van der Waals surface area contributed by atoms with Gasteiger partial charge in [0, 0.05) is 5.69 Å². The van der Waals surface area contributed by atoms with Crippen molar-refractivity contribution in [2.24, 2.45) is 5.10 Å². The maximum atomic E-state index is 13.2. The SMILES string of the molecule is CCOc1ccccc1NC(=O)C(=O)N/N=C\c1cccc(OCC(=O)Nc2ccc(F)c(Cl)c2)c1. The van der Waals surface area contributed by atoms with Crippen LogP contribution in [0, 0.1) is 5.82 Å². The van der Waals surface area contributed by atoms with Gasteiger partial charge in [-0.1, -0.05) is 35.9 Å². The lowest BCUT2D eigenvalue weighted by Crippen LogP contribution is -2.32. The third-order valence-corrected chi connectivity index (χ3v) is 4.74. The zero-order chi connectivity index (χ0) is 25.9. The fraction of sp³-hybridized carbons (Fsp3) is 0.120. The van der Waals surface area contributed by atoms with Crippen LogP contribution in [0.3, 0.4) is 0 Å². The standard InChI is InChI=1S/C25H22ClFN4O5/c1-2-35-22-9-4-3-8-21(22)30-24(33)25(34)31-28-14-16-6-5-7-18(12-16)36-15-23(32)29-17-10-11-20(27)19(26)13-17/h3-14H,2,15H2,1H3,(H,29,32)(H,30,33)(H,31,34)/b28-14-. The second-order valence-electron chi connectivity index (χ2n) is 7.12. The van der Waals surface area contributed by atoms with E-state index in [2.05, 4.69) is 21.2 Å². The number of hydrogen-bond acceptors (Lipinski definition) is 6. The molecule has 0 unspecified atom stereocenters. The zero-order valence-electron chi connectivity index (χ0n) is 19.1. The van der Waals surface area contributed by atoms with Gasteiger partial charge in [0.15, 0.2) is 6.61 Å². The number of ether oxygens (including phenoxy) is 2. The Morgan fingerprint density at radius 1 is 0.972 bits per heavy atom. The molecule has 3 rings (SSSR count). The van der Waals surface area contributed by atoms with E-state index in [9.17, 15) is 18.8 Å². The Bertz CT molecular complexity index is 1280. The Hall–Kier alpha value is -4.44. The third kappa shape index (κ3) is 7.81. The molecule has 3 N–H and O–H groups in total. The average Bonchev–Trinajstić information content (AvgIpc) is 2.86. The van der Waals surface area contributed by atoms with Gasteiger partial charge in [-0.15, -0.1) is 0 Å². The number of para-hydroxylation sites is 2. The van der Waals surface area contributed by atoms with E-state index in [1.54, 1.807) is 55.5 Å². The van der Waals surface area contributed by atoms with Crippen LogP contribution in [0.5, 0.6) is 11.5 Å². The number of rotatable bonds is 9. The Balaban J connectivity index is 1.49. The van der Waals surface area contributed by atoms with Gasteiger partial charge >= 0.3 is 11.8 Å². The topological polar surface area (TPSA) is 118 Å². The Morgan fingerprint density at radius 2 is 1.78 bits per heavy atom. The molecule has 0 fully saturated rings. The number of amides is 3. The van der Waals surface area contributed by atoms with Gasteiger partial charge in [0.05, 0.1) is 23.5 Å². The summed E-state index contributed by atoms with van der Waals surface area (Å²) in [4.78, 5) is 36.3. The summed E-state index contributed by atoms with van der Waals surface area (Å²) in [6, 6.07) is 17.1. The molecule has 0 saturated carbocycles. The molecule has 36 heavy (non-hydrogen) atoms. The van der Waals surface area contributed by atoms with Gasteiger partial charge in [-0.25, -0.2) is 9.82 Å². The first-order valence-corrected chi connectivity index (χ1v) is 11.1. The maximum absolute atomic E-state index is 13.2. The highest BCUT2D eigenvalue weighted by Crippen LogP contribution is 2.23. The molecule has 0 atom stereocenters. The van der Waals surface area contributed by atoms with Crippen LogP contribution in [0.25, 0.3) is 0 Å². The van der Waals surface area contributed by atoms with Crippen LogP contribution in [-0.4, -0.2) is 37.1 Å². The summed E-state index contributed by atoms with van der Waals surface area (Å²) in [7, 11) is 0. The van der Waals surface area contributed by atoms with Crippen LogP contribution in [0.2, 0.25) is 5.02 Å². The van der Waals surface area contributed by atoms with Crippen molar-refractivity contribution in [3.63, 3.8) is 0 Å². The molecule has 0 aliphatic heterocycles. The summed E-state index contributed by atoms with van der Waals surface area (Å²) < 4.78 is 24.1. The third-order valence-electron chi connectivity index (χ3n) is 4.45. The zero-order valence-corrected chi connectivity index (χ0v) is 19.8. The van der Waals surface area contributed by atoms with Crippen molar-refractivity contribution in [1.29, 1.82) is 0 Å². The van der Waals surface area contributed by atoms with Gasteiger partial charge < -0.3 is 20.1 Å². The molecule has 0 aliphatic carbocycles. The number of carbonyl (C=O) groups excluding carboxylic acids is 3. The summed E-state index contributed by atoms with van der Waals surface area (Å²) in [5.74, 6) is -2.14.